The first-order valence-corrected chi connectivity index (χ1v) is 9.57. The van der Waals surface area contributed by atoms with Gasteiger partial charge in [0.1, 0.15) is 12.1 Å². The Hall–Kier alpha value is -3.44. The number of carboxylic acid groups (broad SMARTS) is 1. The fourth-order valence-electron chi connectivity index (χ4n) is 3.37. The van der Waals surface area contributed by atoms with Crippen LogP contribution in [0.1, 0.15) is 12.8 Å². The van der Waals surface area contributed by atoms with E-state index in [0.29, 0.717) is 17.3 Å². The number of aromatic nitrogens is 2. The Bertz CT molecular complexity index is 1230. The number of nitrogens with zero attached hydrogens (tertiary/aromatic N) is 2. The topological polar surface area (TPSA) is 75.1 Å². The van der Waals surface area contributed by atoms with Gasteiger partial charge in [0.05, 0.1) is 10.9 Å². The number of aliphatic carboxylic acids is 1. The number of rotatable bonds is 6. The maximum Gasteiger partial charge on any atom is 0.303 e. The summed E-state index contributed by atoms with van der Waals surface area (Å²) in [5.74, 6) is -0.157. The number of anilines is 1. The predicted octanol–water partition coefficient (Wildman–Crippen LogP) is 5.89. The second-order valence-corrected chi connectivity index (χ2v) is 6.95. The molecule has 0 amide bonds. The van der Waals surface area contributed by atoms with E-state index in [0.717, 1.165) is 32.8 Å². The van der Waals surface area contributed by atoms with Gasteiger partial charge in [-0.15, -0.1) is 0 Å². The van der Waals surface area contributed by atoms with Crippen molar-refractivity contribution in [3.63, 3.8) is 0 Å². The Morgan fingerprint density at radius 1 is 1.00 bits per heavy atom. The summed E-state index contributed by atoms with van der Waals surface area (Å²) in [6.07, 6.45) is 5.55. The average Bonchev–Trinajstić information content (AvgIpc) is 2.73. The van der Waals surface area contributed by atoms with E-state index in [9.17, 15) is 4.79 Å². The van der Waals surface area contributed by atoms with Gasteiger partial charge in [0.2, 0.25) is 0 Å². The van der Waals surface area contributed by atoms with Crippen molar-refractivity contribution in [1.29, 1.82) is 0 Å². The standard InChI is InChI=1S/C23H18ClN3O2/c24-19-12-11-16(15-6-1-2-7-17(15)19)18-8-5-9-20-22(18)23(27-14-26-20)25-13-4-3-10-21(28)29/h1-2,4-9,11-14H,3,10H2,(H,28,29)(H,25,26,27)/b13-4+. The van der Waals surface area contributed by atoms with E-state index < -0.39 is 5.97 Å². The number of carboxylic acids is 1. The second-order valence-electron chi connectivity index (χ2n) is 6.54. The molecule has 144 valence electrons. The van der Waals surface area contributed by atoms with E-state index >= 15 is 0 Å². The van der Waals surface area contributed by atoms with Crippen LogP contribution in [0.15, 0.2) is 73.2 Å². The minimum Gasteiger partial charge on any atom is -0.481 e. The van der Waals surface area contributed by atoms with Gasteiger partial charge in [0.25, 0.3) is 0 Å². The lowest BCUT2D eigenvalue weighted by Crippen LogP contribution is -1.97. The van der Waals surface area contributed by atoms with E-state index in [1.807, 2.05) is 48.5 Å². The van der Waals surface area contributed by atoms with Gasteiger partial charge in [-0.05, 0) is 41.3 Å². The van der Waals surface area contributed by atoms with Crippen molar-refractivity contribution in [2.45, 2.75) is 12.8 Å². The fraction of sp³-hybridized carbons (Fsp3) is 0.0870. The van der Waals surface area contributed by atoms with Crippen LogP contribution in [0.5, 0.6) is 0 Å². The van der Waals surface area contributed by atoms with E-state index in [1.165, 1.54) is 6.33 Å². The highest BCUT2D eigenvalue weighted by molar-refractivity contribution is 6.36. The van der Waals surface area contributed by atoms with Crippen LogP contribution in [0.3, 0.4) is 0 Å². The molecule has 29 heavy (non-hydrogen) atoms. The number of fused-ring (bicyclic) bond motifs is 2. The second kappa shape index (κ2) is 8.29. The highest BCUT2D eigenvalue weighted by atomic mass is 35.5. The summed E-state index contributed by atoms with van der Waals surface area (Å²) in [4.78, 5) is 19.5. The van der Waals surface area contributed by atoms with Crippen LogP contribution in [-0.2, 0) is 4.79 Å². The Labute approximate surface area is 172 Å². The Morgan fingerprint density at radius 3 is 2.66 bits per heavy atom. The van der Waals surface area contributed by atoms with Gasteiger partial charge in [-0.2, -0.15) is 0 Å². The normalized spacial score (nSPS) is 11.3. The molecule has 0 saturated carbocycles. The summed E-state index contributed by atoms with van der Waals surface area (Å²) < 4.78 is 0. The van der Waals surface area contributed by atoms with E-state index in [2.05, 4.69) is 21.4 Å². The molecule has 0 fully saturated rings. The third-order valence-corrected chi connectivity index (χ3v) is 5.02. The van der Waals surface area contributed by atoms with E-state index in [1.54, 1.807) is 12.3 Å². The molecule has 0 aliphatic rings. The monoisotopic (exact) mass is 403 g/mol. The number of allylic oxidation sites excluding steroid dienone is 1. The van der Waals surface area contributed by atoms with Gasteiger partial charge >= 0.3 is 5.97 Å². The average molecular weight is 404 g/mol. The lowest BCUT2D eigenvalue weighted by molar-refractivity contribution is -0.136. The number of carbonyl (C=O) groups is 1. The quantitative estimate of drug-likeness (QED) is 0.419. The molecule has 0 radical (unpaired) electrons. The van der Waals surface area contributed by atoms with Crippen LogP contribution in [-0.4, -0.2) is 21.0 Å². The smallest absolute Gasteiger partial charge is 0.303 e. The molecule has 0 saturated heterocycles. The van der Waals surface area contributed by atoms with Crippen molar-refractivity contribution in [3.05, 3.63) is 78.2 Å². The Balaban J connectivity index is 1.82. The number of hydrogen-bond acceptors (Lipinski definition) is 4. The van der Waals surface area contributed by atoms with E-state index in [4.69, 9.17) is 16.7 Å². The van der Waals surface area contributed by atoms with Gasteiger partial charge in [-0.1, -0.05) is 60.1 Å². The van der Waals surface area contributed by atoms with Gasteiger partial charge < -0.3 is 10.4 Å². The third kappa shape index (κ3) is 3.91. The first-order chi connectivity index (χ1) is 14.1. The maximum atomic E-state index is 10.7. The van der Waals surface area contributed by atoms with Gasteiger partial charge in [-0.3, -0.25) is 4.79 Å². The molecular weight excluding hydrogens is 386 g/mol. The minimum absolute atomic E-state index is 0.0880. The van der Waals surface area contributed by atoms with Crippen molar-refractivity contribution < 1.29 is 9.90 Å². The molecule has 1 heterocycles. The fourth-order valence-corrected chi connectivity index (χ4v) is 3.60. The molecule has 0 aliphatic heterocycles. The molecule has 2 N–H and O–H groups in total. The van der Waals surface area contributed by atoms with Gasteiger partial charge in [-0.25, -0.2) is 9.97 Å². The van der Waals surface area contributed by atoms with Crippen molar-refractivity contribution in [2.75, 3.05) is 5.32 Å². The van der Waals surface area contributed by atoms with Crippen LogP contribution in [0, 0.1) is 0 Å². The lowest BCUT2D eigenvalue weighted by atomic mass is 9.95. The van der Waals surface area contributed by atoms with Crippen molar-refractivity contribution in [1.82, 2.24) is 9.97 Å². The zero-order chi connectivity index (χ0) is 20.2. The predicted molar refractivity (Wildman–Crippen MR) is 117 cm³/mol. The first kappa shape index (κ1) is 18.9. The first-order valence-electron chi connectivity index (χ1n) is 9.20. The van der Waals surface area contributed by atoms with Gasteiger partial charge in [0, 0.05) is 16.8 Å². The van der Waals surface area contributed by atoms with Crippen LogP contribution in [0.4, 0.5) is 5.82 Å². The van der Waals surface area contributed by atoms with Crippen molar-refractivity contribution in [2.24, 2.45) is 0 Å². The maximum absolute atomic E-state index is 10.7. The largest absolute Gasteiger partial charge is 0.481 e. The third-order valence-electron chi connectivity index (χ3n) is 4.69. The molecule has 1 aromatic heterocycles. The van der Waals surface area contributed by atoms with Crippen molar-refractivity contribution in [3.8, 4) is 11.1 Å². The lowest BCUT2D eigenvalue weighted by Gasteiger charge is -2.13. The minimum atomic E-state index is -0.820. The molecular formula is C23H18ClN3O2. The summed E-state index contributed by atoms with van der Waals surface area (Å²) in [5, 5.41) is 15.6. The highest BCUT2D eigenvalue weighted by Crippen LogP contribution is 2.38. The van der Waals surface area contributed by atoms with Crippen molar-refractivity contribution >= 4 is 45.1 Å². The SMILES string of the molecule is O=C(O)CC/C=C/Nc1ncnc2cccc(-c3ccc(Cl)c4ccccc34)c12. The van der Waals surface area contributed by atoms with E-state index in [-0.39, 0.29) is 6.42 Å². The molecule has 0 bridgehead atoms. The Kier molecular flexibility index (Phi) is 5.40. The molecule has 0 aliphatic carbocycles. The number of hydrogen-bond donors (Lipinski definition) is 2. The molecule has 0 spiro atoms. The number of benzene rings is 3. The molecule has 6 heteroatoms. The van der Waals surface area contributed by atoms with Gasteiger partial charge in [0.15, 0.2) is 0 Å². The van der Waals surface area contributed by atoms with Crippen LogP contribution in [0.25, 0.3) is 32.8 Å². The summed E-state index contributed by atoms with van der Waals surface area (Å²) in [7, 11) is 0. The highest BCUT2D eigenvalue weighted by Gasteiger charge is 2.13. The molecule has 3 aromatic carbocycles. The van der Waals surface area contributed by atoms with Crippen LogP contribution < -0.4 is 5.32 Å². The molecule has 0 unspecified atom stereocenters. The zero-order valence-electron chi connectivity index (χ0n) is 15.5. The summed E-state index contributed by atoms with van der Waals surface area (Å²) in [6.45, 7) is 0. The summed E-state index contributed by atoms with van der Waals surface area (Å²) >= 11 is 6.40. The zero-order valence-corrected chi connectivity index (χ0v) is 16.2. The molecule has 4 rings (SSSR count). The summed E-state index contributed by atoms with van der Waals surface area (Å²) in [6, 6.07) is 17.9. The number of halogens is 1. The molecule has 5 nitrogen and oxygen atoms in total. The van der Waals surface area contributed by atoms with Crippen LogP contribution >= 0.6 is 11.6 Å². The van der Waals surface area contributed by atoms with Crippen LogP contribution in [0.2, 0.25) is 5.02 Å². The molecule has 0 atom stereocenters. The summed E-state index contributed by atoms with van der Waals surface area (Å²) in [5.41, 5.74) is 2.86. The number of nitrogens with one attached hydrogen (secondary N) is 1. The Morgan fingerprint density at radius 2 is 1.83 bits per heavy atom. The molecule has 4 aromatic rings.